The molecule has 0 aromatic heterocycles. The number of aliphatic hydroxyl groups is 1. The molecule has 3 N–H and O–H groups in total. The van der Waals surface area contributed by atoms with E-state index in [0.29, 0.717) is 24.2 Å². The molecule has 2 unspecified atom stereocenters. The van der Waals surface area contributed by atoms with Crippen molar-refractivity contribution in [2.45, 2.75) is 18.2 Å². The number of hydrogen-bond acceptors (Lipinski definition) is 6. The summed E-state index contributed by atoms with van der Waals surface area (Å²) >= 11 is 0. The lowest BCUT2D eigenvalue weighted by Gasteiger charge is -2.53. The fraction of sp³-hybridized carbons (Fsp3) is 0.320. The average molecular weight is 482 g/mol. The molecule has 2 aromatic rings. The van der Waals surface area contributed by atoms with Crippen LogP contribution >= 0.6 is 0 Å². The minimum absolute atomic E-state index is 0.101. The van der Waals surface area contributed by atoms with Crippen molar-refractivity contribution < 1.29 is 23.9 Å². The molecule has 184 valence electrons. The van der Waals surface area contributed by atoms with E-state index in [-0.39, 0.29) is 24.8 Å². The van der Waals surface area contributed by atoms with Crippen molar-refractivity contribution in [1.82, 2.24) is 25.3 Å². The highest BCUT2D eigenvalue weighted by Gasteiger charge is 2.56. The van der Waals surface area contributed by atoms with Gasteiger partial charge in [0.05, 0.1) is 6.04 Å². The number of halogens is 1. The quantitative estimate of drug-likeness (QED) is 0.590. The summed E-state index contributed by atoms with van der Waals surface area (Å²) in [5.74, 6) is -2.32. The summed E-state index contributed by atoms with van der Waals surface area (Å²) in [5, 5.41) is 15.8. The van der Waals surface area contributed by atoms with Crippen LogP contribution in [0, 0.1) is 5.82 Å². The van der Waals surface area contributed by atoms with E-state index in [1.54, 1.807) is 41.3 Å². The predicted octanol–water partition coefficient (Wildman–Crippen LogP) is 1.06. The maximum atomic E-state index is 13.7. The van der Waals surface area contributed by atoms with Crippen LogP contribution in [-0.4, -0.2) is 83.0 Å². The molecule has 10 heteroatoms. The first-order valence-electron chi connectivity index (χ1n) is 11.3. The Morgan fingerprint density at radius 1 is 1.11 bits per heavy atom. The van der Waals surface area contributed by atoms with Crippen LogP contribution in [0.4, 0.5) is 4.39 Å². The van der Waals surface area contributed by atoms with Crippen LogP contribution in [0.3, 0.4) is 0 Å². The summed E-state index contributed by atoms with van der Waals surface area (Å²) in [5.41, 5.74) is -0.409. The number of piperazine rings is 1. The van der Waals surface area contributed by atoms with Gasteiger partial charge in [0, 0.05) is 45.0 Å². The van der Waals surface area contributed by atoms with Crippen LogP contribution in [0.15, 0.2) is 66.6 Å². The Balaban J connectivity index is 1.64. The first kappa shape index (κ1) is 24.2. The third-order valence-corrected chi connectivity index (χ3v) is 6.63. The highest BCUT2D eigenvalue weighted by atomic mass is 19.1. The molecule has 0 spiro atoms. The molecule has 2 aliphatic rings. The SMILES string of the molecule is CN1CCN(C(=O)c2ccccc2)CC1C1(C(=O)NCc2ccc(F)cc2)NC=C(O)C(=O)N1C. The highest BCUT2D eigenvalue weighted by Crippen LogP contribution is 2.28. The number of aliphatic hydroxyl groups excluding tert-OH is 1. The summed E-state index contributed by atoms with van der Waals surface area (Å²) < 4.78 is 13.3. The van der Waals surface area contributed by atoms with Crippen molar-refractivity contribution in [2.24, 2.45) is 0 Å². The normalized spacial score (nSPS) is 22.9. The average Bonchev–Trinajstić information content (AvgIpc) is 2.88. The van der Waals surface area contributed by atoms with E-state index in [1.165, 1.54) is 24.1 Å². The van der Waals surface area contributed by atoms with Gasteiger partial charge in [0.15, 0.2) is 5.76 Å². The molecule has 0 aliphatic carbocycles. The van der Waals surface area contributed by atoms with Crippen LogP contribution in [0.5, 0.6) is 0 Å². The first-order chi connectivity index (χ1) is 16.7. The molecular weight excluding hydrogens is 453 g/mol. The third kappa shape index (κ3) is 4.57. The summed E-state index contributed by atoms with van der Waals surface area (Å²) in [7, 11) is 3.25. The second-order valence-corrected chi connectivity index (χ2v) is 8.73. The second kappa shape index (κ2) is 9.75. The van der Waals surface area contributed by atoms with Gasteiger partial charge in [-0.05, 0) is 36.9 Å². The number of rotatable bonds is 5. The Kier molecular flexibility index (Phi) is 6.74. The number of nitrogens with one attached hydrogen (secondary N) is 2. The van der Waals surface area contributed by atoms with Gasteiger partial charge in [0.2, 0.25) is 5.66 Å². The van der Waals surface area contributed by atoms with Crippen molar-refractivity contribution >= 4 is 17.7 Å². The zero-order valence-corrected chi connectivity index (χ0v) is 19.6. The number of carbonyl (C=O) groups is 3. The van der Waals surface area contributed by atoms with Gasteiger partial charge in [0.25, 0.3) is 17.7 Å². The van der Waals surface area contributed by atoms with Gasteiger partial charge >= 0.3 is 0 Å². The van der Waals surface area contributed by atoms with Crippen molar-refractivity contribution in [1.29, 1.82) is 0 Å². The standard InChI is InChI=1S/C25H28FN5O4/c1-29-12-13-31(22(33)18-6-4-3-5-7-18)16-21(29)25(28-15-20(32)23(34)30(25)2)24(35)27-14-17-8-10-19(26)11-9-17/h3-11,15,21,28,32H,12-14,16H2,1-2H3,(H,27,35). The van der Waals surface area contributed by atoms with Crippen LogP contribution in [0.1, 0.15) is 15.9 Å². The highest BCUT2D eigenvalue weighted by molar-refractivity contribution is 5.99. The van der Waals surface area contributed by atoms with Crippen molar-refractivity contribution in [3.63, 3.8) is 0 Å². The molecular formula is C25H28FN5O4. The molecule has 0 saturated carbocycles. The third-order valence-electron chi connectivity index (χ3n) is 6.63. The maximum Gasteiger partial charge on any atom is 0.292 e. The first-order valence-corrected chi connectivity index (χ1v) is 11.3. The topological polar surface area (TPSA) is 105 Å². The van der Waals surface area contributed by atoms with Crippen molar-refractivity contribution in [2.75, 3.05) is 33.7 Å². The second-order valence-electron chi connectivity index (χ2n) is 8.73. The Morgan fingerprint density at radius 3 is 2.49 bits per heavy atom. The molecule has 2 heterocycles. The number of benzene rings is 2. The van der Waals surface area contributed by atoms with Gasteiger partial charge in [-0.3, -0.25) is 19.3 Å². The van der Waals surface area contributed by atoms with E-state index in [1.807, 2.05) is 18.0 Å². The van der Waals surface area contributed by atoms with E-state index in [4.69, 9.17) is 0 Å². The lowest BCUT2D eigenvalue weighted by molar-refractivity contribution is -0.156. The molecule has 4 rings (SSSR count). The van der Waals surface area contributed by atoms with Crippen LogP contribution < -0.4 is 10.6 Å². The van der Waals surface area contributed by atoms with Crippen molar-refractivity contribution in [3.05, 3.63) is 83.5 Å². The monoisotopic (exact) mass is 481 g/mol. The molecule has 2 aliphatic heterocycles. The van der Waals surface area contributed by atoms with Gasteiger partial charge in [-0.25, -0.2) is 4.39 Å². The zero-order valence-electron chi connectivity index (χ0n) is 19.6. The molecule has 1 saturated heterocycles. The van der Waals surface area contributed by atoms with Crippen LogP contribution in [0.2, 0.25) is 0 Å². The zero-order chi connectivity index (χ0) is 25.2. The van der Waals surface area contributed by atoms with E-state index < -0.39 is 29.3 Å². The van der Waals surface area contributed by atoms with Crippen LogP contribution in [-0.2, 0) is 16.1 Å². The fourth-order valence-corrected chi connectivity index (χ4v) is 4.55. The number of likely N-dealkylation sites (N-methyl/N-ethyl adjacent to an activating group) is 2. The Hall–Kier alpha value is -3.92. The summed E-state index contributed by atoms with van der Waals surface area (Å²) in [6, 6.07) is 13.9. The lowest BCUT2D eigenvalue weighted by atomic mass is 9.91. The number of hydrogen-bond donors (Lipinski definition) is 3. The molecule has 0 bridgehead atoms. The lowest BCUT2D eigenvalue weighted by Crippen LogP contribution is -2.79. The van der Waals surface area contributed by atoms with Gasteiger partial charge in [-0.2, -0.15) is 0 Å². The van der Waals surface area contributed by atoms with Crippen molar-refractivity contribution in [3.8, 4) is 0 Å². The molecule has 9 nitrogen and oxygen atoms in total. The molecule has 1 fully saturated rings. The summed E-state index contributed by atoms with van der Waals surface area (Å²) in [6.45, 7) is 1.18. The minimum Gasteiger partial charge on any atom is -0.502 e. The number of amides is 3. The van der Waals surface area contributed by atoms with Gasteiger partial charge in [0.1, 0.15) is 5.82 Å². The Labute approximate surface area is 202 Å². The molecule has 0 radical (unpaired) electrons. The minimum atomic E-state index is -1.62. The molecule has 3 amide bonds. The Morgan fingerprint density at radius 2 is 1.80 bits per heavy atom. The maximum absolute atomic E-state index is 13.7. The number of carbonyl (C=O) groups excluding carboxylic acids is 3. The van der Waals surface area contributed by atoms with Gasteiger partial charge in [-0.1, -0.05) is 30.3 Å². The largest absolute Gasteiger partial charge is 0.502 e. The predicted molar refractivity (Wildman–Crippen MR) is 126 cm³/mol. The summed E-state index contributed by atoms with van der Waals surface area (Å²) in [6.07, 6.45) is 1.12. The molecule has 35 heavy (non-hydrogen) atoms. The molecule has 2 aromatic carbocycles. The smallest absolute Gasteiger partial charge is 0.292 e. The van der Waals surface area contributed by atoms with E-state index in [2.05, 4.69) is 10.6 Å². The number of nitrogens with zero attached hydrogens (tertiary/aromatic N) is 3. The van der Waals surface area contributed by atoms with E-state index in [9.17, 15) is 23.9 Å². The summed E-state index contributed by atoms with van der Waals surface area (Å²) in [4.78, 5) is 44.4. The fourth-order valence-electron chi connectivity index (χ4n) is 4.55. The Bertz CT molecular complexity index is 1140. The van der Waals surface area contributed by atoms with E-state index >= 15 is 0 Å². The van der Waals surface area contributed by atoms with E-state index in [0.717, 1.165) is 6.20 Å². The van der Waals surface area contributed by atoms with Crippen LogP contribution in [0.25, 0.3) is 0 Å². The van der Waals surface area contributed by atoms with Gasteiger partial charge in [-0.15, -0.1) is 0 Å². The van der Waals surface area contributed by atoms with Gasteiger partial charge < -0.3 is 25.5 Å². The molecule has 2 atom stereocenters.